The van der Waals surface area contributed by atoms with E-state index in [1.807, 2.05) is 0 Å². The zero-order chi connectivity index (χ0) is 21.8. The molecule has 2 aromatic carbocycles. The van der Waals surface area contributed by atoms with Crippen molar-refractivity contribution in [2.24, 2.45) is 0 Å². The average Bonchev–Trinajstić information content (AvgIpc) is 2.68. The molecule has 0 atom stereocenters. The van der Waals surface area contributed by atoms with Crippen LogP contribution in [0.25, 0.3) is 0 Å². The van der Waals surface area contributed by atoms with Crippen LogP contribution in [0, 0.1) is 5.82 Å². The summed E-state index contributed by atoms with van der Waals surface area (Å²) in [5, 5.41) is 2.92. The third-order valence-corrected chi connectivity index (χ3v) is 4.49. The van der Waals surface area contributed by atoms with Gasteiger partial charge in [0.25, 0.3) is 5.91 Å². The first-order valence-corrected chi connectivity index (χ1v) is 9.33. The summed E-state index contributed by atoms with van der Waals surface area (Å²) in [5.41, 5.74) is 0.535. The van der Waals surface area contributed by atoms with E-state index in [0.29, 0.717) is 5.69 Å². The van der Waals surface area contributed by atoms with E-state index in [2.05, 4.69) is 10.3 Å². The zero-order valence-corrected chi connectivity index (χ0v) is 17.3. The first kappa shape index (κ1) is 21.5. The SMILES string of the molecule is COc1cc(F)ccc1Oc1cc(Cl)cc(Cl)c1C(=O)Nc1ccnc(C(C)=O)c1. The molecule has 0 unspecified atom stereocenters. The van der Waals surface area contributed by atoms with Crippen LogP contribution >= 0.6 is 23.2 Å². The van der Waals surface area contributed by atoms with Gasteiger partial charge in [-0.05, 0) is 30.3 Å². The number of anilines is 1. The largest absolute Gasteiger partial charge is 0.493 e. The maximum Gasteiger partial charge on any atom is 0.260 e. The predicted molar refractivity (Wildman–Crippen MR) is 112 cm³/mol. The van der Waals surface area contributed by atoms with Crippen molar-refractivity contribution in [3.63, 3.8) is 0 Å². The molecule has 0 radical (unpaired) electrons. The van der Waals surface area contributed by atoms with Gasteiger partial charge >= 0.3 is 0 Å². The maximum absolute atomic E-state index is 13.5. The lowest BCUT2D eigenvalue weighted by Crippen LogP contribution is -2.14. The van der Waals surface area contributed by atoms with Crippen molar-refractivity contribution < 1.29 is 23.5 Å². The van der Waals surface area contributed by atoms with Crippen LogP contribution in [0.2, 0.25) is 10.0 Å². The highest BCUT2D eigenvalue weighted by Crippen LogP contribution is 2.38. The van der Waals surface area contributed by atoms with Gasteiger partial charge in [0.15, 0.2) is 17.3 Å². The minimum absolute atomic E-state index is 0.00590. The molecule has 3 aromatic rings. The number of carbonyl (C=O) groups excluding carboxylic acids is 2. The van der Waals surface area contributed by atoms with Gasteiger partial charge in [-0.2, -0.15) is 0 Å². The van der Waals surface area contributed by atoms with Gasteiger partial charge in [-0.15, -0.1) is 0 Å². The average molecular weight is 449 g/mol. The standard InChI is InChI=1S/C21H15Cl2FN2O4/c1-11(27)16-10-14(5-6-25-16)26-21(28)20-15(23)7-12(22)8-19(20)30-17-4-3-13(24)9-18(17)29-2/h3-10H,1-2H3,(H,25,26,28). The molecule has 1 amide bonds. The van der Waals surface area contributed by atoms with Gasteiger partial charge in [0.1, 0.15) is 22.8 Å². The number of methoxy groups -OCH3 is 1. The van der Waals surface area contributed by atoms with Crippen molar-refractivity contribution in [3.8, 4) is 17.2 Å². The maximum atomic E-state index is 13.5. The lowest BCUT2D eigenvalue weighted by molar-refractivity contribution is 0.100. The minimum atomic E-state index is -0.603. The molecule has 0 fully saturated rings. The Kier molecular flexibility index (Phi) is 6.54. The van der Waals surface area contributed by atoms with E-state index < -0.39 is 11.7 Å². The summed E-state index contributed by atoms with van der Waals surface area (Å²) in [7, 11) is 1.36. The van der Waals surface area contributed by atoms with Crippen molar-refractivity contribution in [3.05, 3.63) is 75.8 Å². The van der Waals surface area contributed by atoms with Crippen molar-refractivity contribution in [1.82, 2.24) is 4.98 Å². The Balaban J connectivity index is 1.98. The predicted octanol–water partition coefficient (Wildman–Crippen LogP) is 5.78. The van der Waals surface area contributed by atoms with Crippen LogP contribution < -0.4 is 14.8 Å². The van der Waals surface area contributed by atoms with E-state index in [1.165, 1.54) is 56.6 Å². The highest BCUT2D eigenvalue weighted by atomic mass is 35.5. The van der Waals surface area contributed by atoms with E-state index in [4.69, 9.17) is 32.7 Å². The molecular formula is C21H15Cl2FN2O4. The van der Waals surface area contributed by atoms with Crippen LogP contribution in [0.1, 0.15) is 27.8 Å². The summed E-state index contributed by atoms with van der Waals surface area (Å²) in [6.45, 7) is 1.37. The number of pyridine rings is 1. The molecule has 30 heavy (non-hydrogen) atoms. The number of halogens is 3. The number of nitrogens with one attached hydrogen (secondary N) is 1. The molecule has 1 aromatic heterocycles. The number of rotatable bonds is 6. The fourth-order valence-electron chi connectivity index (χ4n) is 2.59. The zero-order valence-electron chi connectivity index (χ0n) is 15.8. The van der Waals surface area contributed by atoms with Crippen molar-refractivity contribution >= 4 is 40.6 Å². The molecule has 6 nitrogen and oxygen atoms in total. The number of nitrogens with zero attached hydrogens (tertiary/aromatic N) is 1. The van der Waals surface area contributed by atoms with Gasteiger partial charge < -0.3 is 14.8 Å². The molecule has 0 aliphatic rings. The van der Waals surface area contributed by atoms with Crippen LogP contribution in [-0.4, -0.2) is 23.8 Å². The van der Waals surface area contributed by atoms with Gasteiger partial charge in [-0.3, -0.25) is 14.6 Å². The molecule has 0 saturated heterocycles. The second kappa shape index (κ2) is 9.11. The van der Waals surface area contributed by atoms with Crippen LogP contribution in [0.5, 0.6) is 17.2 Å². The Morgan fingerprint density at radius 2 is 1.80 bits per heavy atom. The molecule has 3 rings (SSSR count). The molecule has 1 heterocycles. The van der Waals surface area contributed by atoms with Gasteiger partial charge in [-0.1, -0.05) is 23.2 Å². The Hall–Kier alpha value is -3.16. The lowest BCUT2D eigenvalue weighted by atomic mass is 10.1. The summed E-state index contributed by atoms with van der Waals surface area (Å²) >= 11 is 12.3. The summed E-state index contributed by atoms with van der Waals surface area (Å²) < 4.78 is 24.4. The highest BCUT2D eigenvalue weighted by molar-refractivity contribution is 6.37. The second-order valence-electron chi connectivity index (χ2n) is 6.10. The highest BCUT2D eigenvalue weighted by Gasteiger charge is 2.21. The molecule has 154 valence electrons. The smallest absolute Gasteiger partial charge is 0.260 e. The first-order valence-electron chi connectivity index (χ1n) is 8.57. The van der Waals surface area contributed by atoms with Gasteiger partial charge in [0.05, 0.1) is 12.1 Å². The summed E-state index contributed by atoms with van der Waals surface area (Å²) in [6.07, 6.45) is 1.40. The molecule has 0 bridgehead atoms. The Morgan fingerprint density at radius 1 is 1.03 bits per heavy atom. The molecular weight excluding hydrogens is 434 g/mol. The Bertz CT molecular complexity index is 1140. The number of ether oxygens (including phenoxy) is 2. The van der Waals surface area contributed by atoms with Gasteiger partial charge in [0, 0.05) is 36.0 Å². The number of ketones is 1. The quantitative estimate of drug-likeness (QED) is 0.483. The number of benzene rings is 2. The van der Waals surface area contributed by atoms with E-state index in [9.17, 15) is 14.0 Å². The molecule has 0 saturated carbocycles. The van der Waals surface area contributed by atoms with Crippen molar-refractivity contribution in [1.29, 1.82) is 0 Å². The fourth-order valence-corrected chi connectivity index (χ4v) is 3.15. The summed E-state index contributed by atoms with van der Waals surface area (Å²) in [4.78, 5) is 28.4. The molecule has 0 spiro atoms. The molecule has 9 heteroatoms. The molecule has 0 aliphatic heterocycles. The second-order valence-corrected chi connectivity index (χ2v) is 6.94. The van der Waals surface area contributed by atoms with E-state index >= 15 is 0 Å². The number of hydrogen-bond acceptors (Lipinski definition) is 5. The Morgan fingerprint density at radius 3 is 2.50 bits per heavy atom. The molecule has 0 aliphatic carbocycles. The van der Waals surface area contributed by atoms with Crippen molar-refractivity contribution in [2.75, 3.05) is 12.4 Å². The summed E-state index contributed by atoms with van der Waals surface area (Å²) in [6, 6.07) is 9.43. The number of carbonyl (C=O) groups is 2. The van der Waals surface area contributed by atoms with Crippen LogP contribution in [0.15, 0.2) is 48.7 Å². The van der Waals surface area contributed by atoms with Crippen LogP contribution in [0.3, 0.4) is 0 Å². The van der Waals surface area contributed by atoms with Crippen LogP contribution in [0.4, 0.5) is 10.1 Å². The lowest BCUT2D eigenvalue weighted by Gasteiger charge is -2.15. The third-order valence-electron chi connectivity index (χ3n) is 3.97. The molecule has 1 N–H and O–H groups in total. The monoisotopic (exact) mass is 448 g/mol. The number of aromatic nitrogens is 1. The third kappa shape index (κ3) is 4.87. The van der Waals surface area contributed by atoms with Crippen LogP contribution in [-0.2, 0) is 0 Å². The Labute approximate surface area is 181 Å². The fraction of sp³-hybridized carbons (Fsp3) is 0.0952. The topological polar surface area (TPSA) is 77.5 Å². The van der Waals surface area contributed by atoms with E-state index in [0.717, 1.165) is 6.07 Å². The van der Waals surface area contributed by atoms with E-state index in [1.54, 1.807) is 0 Å². The summed E-state index contributed by atoms with van der Waals surface area (Å²) in [5.74, 6) is -1.04. The number of amides is 1. The van der Waals surface area contributed by atoms with E-state index in [-0.39, 0.29) is 44.3 Å². The van der Waals surface area contributed by atoms with Gasteiger partial charge in [-0.25, -0.2) is 4.39 Å². The normalized spacial score (nSPS) is 10.4. The number of Topliss-reactive ketones (excluding diaryl/α,β-unsaturated/α-hetero) is 1. The van der Waals surface area contributed by atoms with Crippen molar-refractivity contribution in [2.45, 2.75) is 6.92 Å². The first-order chi connectivity index (χ1) is 14.3. The van der Waals surface area contributed by atoms with Gasteiger partial charge in [0.2, 0.25) is 0 Å². The number of hydrogen-bond donors (Lipinski definition) is 1. The minimum Gasteiger partial charge on any atom is -0.493 e.